The van der Waals surface area contributed by atoms with Crippen LogP contribution in [-0.2, 0) is 9.53 Å². The maximum absolute atomic E-state index is 13.2. The highest BCUT2D eigenvalue weighted by molar-refractivity contribution is 5.94. The van der Waals surface area contributed by atoms with Crippen molar-refractivity contribution in [3.63, 3.8) is 0 Å². The fraction of sp³-hybridized carbons (Fsp3) is 0.179. The fourth-order valence-corrected chi connectivity index (χ4v) is 4.11. The molecule has 2 aliphatic rings. The number of esters is 1. The number of carbonyl (C=O) groups is 1. The fourth-order valence-electron chi connectivity index (χ4n) is 4.11. The smallest absolute Gasteiger partial charge is 0.317 e. The Bertz CT molecular complexity index is 1140. The molecule has 1 atom stereocenters. The Morgan fingerprint density at radius 1 is 0.767 bits per heavy atom. The molecule has 0 fully saturated rings. The average Bonchev–Trinajstić information content (AvgIpc) is 2.92. The molecular formula is C28H26O2. The van der Waals surface area contributed by atoms with Gasteiger partial charge in [0.05, 0.1) is 6.61 Å². The molecule has 2 heteroatoms. The van der Waals surface area contributed by atoms with E-state index in [0.29, 0.717) is 6.61 Å². The van der Waals surface area contributed by atoms with E-state index in [1.54, 1.807) is 0 Å². The Morgan fingerprint density at radius 2 is 1.43 bits per heavy atom. The summed E-state index contributed by atoms with van der Waals surface area (Å²) in [6.45, 7) is 6.35. The van der Waals surface area contributed by atoms with Crippen molar-refractivity contribution in [1.82, 2.24) is 0 Å². The van der Waals surface area contributed by atoms with Gasteiger partial charge in [0, 0.05) is 0 Å². The zero-order valence-electron chi connectivity index (χ0n) is 17.7. The van der Waals surface area contributed by atoms with Gasteiger partial charge in [-0.15, -0.1) is 0 Å². The van der Waals surface area contributed by atoms with Gasteiger partial charge in [0.15, 0.2) is 0 Å². The lowest BCUT2D eigenvalue weighted by atomic mass is 9.87. The monoisotopic (exact) mass is 394 g/mol. The summed E-state index contributed by atoms with van der Waals surface area (Å²) in [6, 6.07) is 29.1. The number of rotatable bonds is 5. The first kappa shape index (κ1) is 19.9. The van der Waals surface area contributed by atoms with Gasteiger partial charge in [-0.25, -0.2) is 0 Å². The third-order valence-corrected chi connectivity index (χ3v) is 5.63. The highest BCUT2D eigenvalue weighted by atomic mass is 16.5. The van der Waals surface area contributed by atoms with E-state index in [9.17, 15) is 4.79 Å². The Balaban J connectivity index is 1.97. The van der Waals surface area contributed by atoms with Crippen molar-refractivity contribution in [2.75, 3.05) is 6.61 Å². The van der Waals surface area contributed by atoms with E-state index < -0.39 is 5.92 Å². The Labute approximate surface area is 178 Å². The van der Waals surface area contributed by atoms with Gasteiger partial charge < -0.3 is 4.74 Å². The van der Waals surface area contributed by atoms with Gasteiger partial charge in [-0.2, -0.15) is 0 Å². The minimum Gasteiger partial charge on any atom is -0.465 e. The predicted octanol–water partition coefficient (Wildman–Crippen LogP) is 6.77. The third kappa shape index (κ3) is 3.73. The van der Waals surface area contributed by atoms with Crippen LogP contribution in [0, 0.1) is 13.8 Å². The molecule has 150 valence electrons. The van der Waals surface area contributed by atoms with Gasteiger partial charge >= 0.3 is 5.97 Å². The molecule has 2 nitrogen and oxygen atoms in total. The zero-order valence-corrected chi connectivity index (χ0v) is 17.7. The van der Waals surface area contributed by atoms with E-state index in [1.807, 2.05) is 50.2 Å². The molecule has 1 unspecified atom stereocenters. The molecule has 0 aliphatic heterocycles. The van der Waals surface area contributed by atoms with Gasteiger partial charge in [-0.05, 0) is 65.8 Å². The standard InChI is InChI=1S/C28H26O2/c1-4-30-28(29)27(22-11-9-8-10-20(22)3)26-18-25(21-16-14-19(2)15-17-21)23-12-6-5-7-13-24(23)26/h5-18,27H,4H2,1-3H3. The van der Waals surface area contributed by atoms with Crippen LogP contribution in [0.25, 0.3) is 22.3 Å². The van der Waals surface area contributed by atoms with Gasteiger partial charge in [-0.3, -0.25) is 4.79 Å². The molecule has 2 aromatic carbocycles. The first-order valence-corrected chi connectivity index (χ1v) is 10.4. The predicted molar refractivity (Wildman–Crippen MR) is 123 cm³/mol. The van der Waals surface area contributed by atoms with E-state index in [-0.39, 0.29) is 5.97 Å². The second-order valence-electron chi connectivity index (χ2n) is 7.66. The van der Waals surface area contributed by atoms with Gasteiger partial charge in [0.1, 0.15) is 5.92 Å². The van der Waals surface area contributed by atoms with Crippen molar-refractivity contribution in [3.05, 3.63) is 107 Å². The summed E-state index contributed by atoms with van der Waals surface area (Å²) < 4.78 is 5.53. The van der Waals surface area contributed by atoms with Crippen molar-refractivity contribution >= 4 is 5.97 Å². The molecule has 0 bridgehead atoms. The molecule has 0 aromatic heterocycles. The molecule has 2 aliphatic carbocycles. The number of fused-ring (bicyclic) bond motifs is 1. The summed E-state index contributed by atoms with van der Waals surface area (Å²) in [5.41, 5.74) is 8.80. The van der Waals surface area contributed by atoms with E-state index in [1.165, 1.54) is 5.56 Å². The molecule has 30 heavy (non-hydrogen) atoms. The molecule has 0 saturated heterocycles. The minimum atomic E-state index is -0.463. The number of aryl methyl sites for hydroxylation is 2. The van der Waals surface area contributed by atoms with Crippen LogP contribution in [0.4, 0.5) is 0 Å². The van der Waals surface area contributed by atoms with Crippen molar-refractivity contribution in [1.29, 1.82) is 0 Å². The molecule has 0 N–H and O–H groups in total. The van der Waals surface area contributed by atoms with Crippen molar-refractivity contribution in [3.8, 4) is 22.3 Å². The molecule has 0 radical (unpaired) electrons. The number of hydrogen-bond donors (Lipinski definition) is 0. The van der Waals surface area contributed by atoms with Crippen LogP contribution < -0.4 is 0 Å². The highest BCUT2D eigenvalue weighted by Gasteiger charge is 2.30. The Hall–Kier alpha value is -3.39. The van der Waals surface area contributed by atoms with Crippen LogP contribution in [0.3, 0.4) is 0 Å². The van der Waals surface area contributed by atoms with Gasteiger partial charge in [0.2, 0.25) is 0 Å². The van der Waals surface area contributed by atoms with Crippen LogP contribution in [0.1, 0.15) is 35.1 Å². The summed E-state index contributed by atoms with van der Waals surface area (Å²) >= 11 is 0. The lowest BCUT2D eigenvalue weighted by Gasteiger charge is -2.19. The second-order valence-corrected chi connectivity index (χ2v) is 7.66. The summed E-state index contributed by atoms with van der Waals surface area (Å²) in [5, 5.41) is 0. The van der Waals surface area contributed by atoms with E-state index in [0.717, 1.165) is 38.9 Å². The molecular weight excluding hydrogens is 368 g/mol. The van der Waals surface area contributed by atoms with Crippen LogP contribution in [0.2, 0.25) is 0 Å². The topological polar surface area (TPSA) is 26.3 Å². The van der Waals surface area contributed by atoms with Crippen molar-refractivity contribution in [2.24, 2.45) is 0 Å². The van der Waals surface area contributed by atoms with Crippen molar-refractivity contribution < 1.29 is 9.53 Å². The lowest BCUT2D eigenvalue weighted by Crippen LogP contribution is -2.18. The third-order valence-electron chi connectivity index (χ3n) is 5.63. The minimum absolute atomic E-state index is 0.208. The maximum atomic E-state index is 13.2. The van der Waals surface area contributed by atoms with Crippen LogP contribution in [-0.4, -0.2) is 12.6 Å². The maximum Gasteiger partial charge on any atom is 0.317 e. The van der Waals surface area contributed by atoms with Gasteiger partial charge in [0.25, 0.3) is 0 Å². The molecule has 4 rings (SSSR count). The number of benzene rings is 2. The van der Waals surface area contributed by atoms with Crippen LogP contribution in [0.15, 0.2) is 84.9 Å². The summed E-state index contributed by atoms with van der Waals surface area (Å²) in [4.78, 5) is 13.2. The Morgan fingerprint density at radius 3 is 2.13 bits per heavy atom. The largest absolute Gasteiger partial charge is 0.465 e. The lowest BCUT2D eigenvalue weighted by molar-refractivity contribution is -0.143. The first-order chi connectivity index (χ1) is 14.6. The van der Waals surface area contributed by atoms with Crippen molar-refractivity contribution in [2.45, 2.75) is 26.7 Å². The van der Waals surface area contributed by atoms with E-state index in [4.69, 9.17) is 4.74 Å². The summed E-state index contributed by atoms with van der Waals surface area (Å²) in [7, 11) is 0. The average molecular weight is 395 g/mol. The van der Waals surface area contributed by atoms with E-state index in [2.05, 4.69) is 55.5 Å². The van der Waals surface area contributed by atoms with Crippen LogP contribution in [0.5, 0.6) is 0 Å². The summed E-state index contributed by atoms with van der Waals surface area (Å²) in [6.07, 6.45) is 0. The van der Waals surface area contributed by atoms with Gasteiger partial charge in [-0.1, -0.05) is 84.4 Å². The van der Waals surface area contributed by atoms with E-state index >= 15 is 0 Å². The normalized spacial score (nSPS) is 12.0. The molecule has 2 aromatic rings. The second kappa shape index (κ2) is 8.54. The Kier molecular flexibility index (Phi) is 5.67. The molecule has 0 heterocycles. The molecule has 0 spiro atoms. The number of carbonyl (C=O) groups excluding carboxylic acids is 1. The SMILES string of the molecule is CCOC(=O)C(c1ccccc1C)c1cc(-c2ccc(C)cc2)c2cccccc1-2. The number of hydrogen-bond acceptors (Lipinski definition) is 2. The molecule has 0 amide bonds. The molecule has 0 saturated carbocycles. The first-order valence-electron chi connectivity index (χ1n) is 10.4. The summed E-state index contributed by atoms with van der Waals surface area (Å²) in [5.74, 6) is -0.670. The quantitative estimate of drug-likeness (QED) is 0.349. The van der Waals surface area contributed by atoms with Crippen LogP contribution >= 0.6 is 0 Å². The highest BCUT2D eigenvalue weighted by Crippen LogP contribution is 2.44. The number of ether oxygens (including phenoxy) is 1. The zero-order chi connectivity index (χ0) is 21.1.